The van der Waals surface area contributed by atoms with Crippen LogP contribution in [-0.4, -0.2) is 12.5 Å². The number of nitrogens with one attached hydrogen (secondary N) is 2. The lowest BCUT2D eigenvalue weighted by atomic mass is 10.1. The molecule has 0 aliphatic carbocycles. The van der Waals surface area contributed by atoms with Crippen LogP contribution in [0.2, 0.25) is 0 Å². The molecule has 0 saturated heterocycles. The largest absolute Gasteiger partial charge is 0.494 e. The summed E-state index contributed by atoms with van der Waals surface area (Å²) in [6, 6.07) is 11.6. The zero-order valence-electron chi connectivity index (χ0n) is 12.4. The van der Waals surface area contributed by atoms with Crippen LogP contribution in [0.3, 0.4) is 0 Å². The van der Waals surface area contributed by atoms with E-state index in [2.05, 4.69) is 10.3 Å². The maximum absolute atomic E-state index is 13.4. The van der Waals surface area contributed by atoms with E-state index >= 15 is 0 Å². The van der Waals surface area contributed by atoms with Gasteiger partial charge in [0.05, 0.1) is 11.5 Å². The van der Waals surface area contributed by atoms with Gasteiger partial charge in [-0.15, -0.1) is 0 Å². The molecule has 0 unspecified atom stereocenters. The molecule has 0 saturated carbocycles. The van der Waals surface area contributed by atoms with Crippen LogP contribution in [0.15, 0.2) is 47.4 Å². The Morgan fingerprint density at radius 2 is 2.05 bits per heavy atom. The Bertz CT molecular complexity index is 664. The molecular formula is C16H17FN2O2S. The van der Waals surface area contributed by atoms with Gasteiger partial charge < -0.3 is 4.74 Å². The normalized spacial score (nSPS) is 10.3. The highest BCUT2D eigenvalue weighted by Gasteiger charge is 2.09. The Morgan fingerprint density at radius 3 is 2.77 bits per heavy atom. The van der Waals surface area contributed by atoms with Gasteiger partial charge in [-0.1, -0.05) is 12.1 Å². The average molecular weight is 320 g/mol. The number of aryl methyl sites for hydroxylation is 1. The number of benzene rings is 2. The second-order valence-corrected chi connectivity index (χ2v) is 5.40. The Balaban J connectivity index is 1.96. The lowest BCUT2D eigenvalue weighted by molar-refractivity contribution is 0.0946. The van der Waals surface area contributed by atoms with Gasteiger partial charge in [0, 0.05) is 5.56 Å². The van der Waals surface area contributed by atoms with Crippen molar-refractivity contribution >= 4 is 17.9 Å². The molecule has 0 fully saturated rings. The van der Waals surface area contributed by atoms with Gasteiger partial charge in [0.25, 0.3) is 5.91 Å². The van der Waals surface area contributed by atoms with Crippen molar-refractivity contribution in [2.75, 3.05) is 6.61 Å². The maximum atomic E-state index is 13.4. The van der Waals surface area contributed by atoms with E-state index in [1.54, 1.807) is 30.3 Å². The van der Waals surface area contributed by atoms with Crippen molar-refractivity contribution in [2.24, 2.45) is 0 Å². The third-order valence-electron chi connectivity index (χ3n) is 2.79. The van der Waals surface area contributed by atoms with Crippen LogP contribution < -0.4 is 15.0 Å². The Kier molecular flexibility index (Phi) is 5.80. The Labute approximate surface area is 133 Å². The van der Waals surface area contributed by atoms with Crippen LogP contribution in [-0.2, 0) is 0 Å². The number of carbonyl (C=O) groups is 1. The summed E-state index contributed by atoms with van der Waals surface area (Å²) in [6.45, 7) is 4.31. The fraction of sp³-hybridized carbons (Fsp3) is 0.188. The number of rotatable bonds is 6. The van der Waals surface area contributed by atoms with Gasteiger partial charge in [0.15, 0.2) is 0 Å². The molecule has 0 aromatic heterocycles. The molecule has 0 atom stereocenters. The quantitative estimate of drug-likeness (QED) is 0.632. The summed E-state index contributed by atoms with van der Waals surface area (Å²) < 4.78 is 18.8. The molecular weight excluding hydrogens is 303 g/mol. The number of ether oxygens (including phenoxy) is 1. The minimum Gasteiger partial charge on any atom is -0.494 e. The van der Waals surface area contributed by atoms with E-state index in [4.69, 9.17) is 4.74 Å². The van der Waals surface area contributed by atoms with Crippen LogP contribution in [0.1, 0.15) is 22.8 Å². The molecule has 0 heterocycles. The highest BCUT2D eigenvalue weighted by molar-refractivity contribution is 7.97. The third-order valence-corrected chi connectivity index (χ3v) is 3.54. The summed E-state index contributed by atoms with van der Waals surface area (Å²) in [5.41, 5.74) is 3.93. The van der Waals surface area contributed by atoms with Crippen molar-refractivity contribution < 1.29 is 13.9 Å². The van der Waals surface area contributed by atoms with Crippen LogP contribution in [0.5, 0.6) is 5.75 Å². The van der Waals surface area contributed by atoms with E-state index in [9.17, 15) is 9.18 Å². The SMILES string of the molecule is CCOc1cc(C)cc(C(=O)NNSc2ccccc2F)c1. The molecule has 4 nitrogen and oxygen atoms in total. The van der Waals surface area contributed by atoms with Gasteiger partial charge in [0.1, 0.15) is 11.6 Å². The van der Waals surface area contributed by atoms with Crippen molar-refractivity contribution in [3.63, 3.8) is 0 Å². The van der Waals surface area contributed by atoms with Crippen molar-refractivity contribution in [1.82, 2.24) is 10.3 Å². The van der Waals surface area contributed by atoms with Crippen molar-refractivity contribution in [3.8, 4) is 5.75 Å². The molecule has 0 bridgehead atoms. The molecule has 2 N–H and O–H groups in total. The molecule has 2 rings (SSSR count). The number of carbonyl (C=O) groups excluding carboxylic acids is 1. The van der Waals surface area contributed by atoms with Crippen LogP contribution in [0, 0.1) is 12.7 Å². The van der Waals surface area contributed by atoms with E-state index in [0.29, 0.717) is 22.8 Å². The van der Waals surface area contributed by atoms with E-state index in [1.807, 2.05) is 19.9 Å². The molecule has 2 aromatic carbocycles. The molecule has 6 heteroatoms. The second-order valence-electron chi connectivity index (χ2n) is 4.56. The zero-order valence-corrected chi connectivity index (χ0v) is 13.2. The first-order valence-electron chi connectivity index (χ1n) is 6.81. The van der Waals surface area contributed by atoms with Crippen LogP contribution in [0.25, 0.3) is 0 Å². The van der Waals surface area contributed by atoms with Crippen LogP contribution >= 0.6 is 11.9 Å². The Hall–Kier alpha value is -2.05. The van der Waals surface area contributed by atoms with E-state index in [-0.39, 0.29) is 11.7 Å². The fourth-order valence-electron chi connectivity index (χ4n) is 1.86. The molecule has 116 valence electrons. The first-order chi connectivity index (χ1) is 10.6. The summed E-state index contributed by atoms with van der Waals surface area (Å²) in [6.07, 6.45) is 0. The monoisotopic (exact) mass is 320 g/mol. The molecule has 0 radical (unpaired) electrons. The molecule has 2 aromatic rings. The summed E-state index contributed by atoms with van der Waals surface area (Å²) in [5.74, 6) is -0.00802. The first kappa shape index (κ1) is 16.3. The summed E-state index contributed by atoms with van der Waals surface area (Å²) >= 11 is 1.00. The third kappa shape index (κ3) is 4.47. The van der Waals surface area contributed by atoms with Gasteiger partial charge in [-0.3, -0.25) is 10.2 Å². The molecule has 0 aliphatic heterocycles. The number of hydrazine groups is 1. The van der Waals surface area contributed by atoms with E-state index in [0.717, 1.165) is 17.5 Å². The highest BCUT2D eigenvalue weighted by atomic mass is 32.2. The predicted molar refractivity (Wildman–Crippen MR) is 85.2 cm³/mol. The summed E-state index contributed by atoms with van der Waals surface area (Å²) in [7, 11) is 0. The van der Waals surface area contributed by atoms with Gasteiger partial charge in [-0.2, -0.15) is 4.83 Å². The van der Waals surface area contributed by atoms with Crippen molar-refractivity contribution in [3.05, 3.63) is 59.4 Å². The maximum Gasteiger partial charge on any atom is 0.266 e. The molecule has 1 amide bonds. The molecule has 0 aliphatic rings. The predicted octanol–water partition coefficient (Wildman–Crippen LogP) is 3.47. The standard InChI is InChI=1S/C16H17FN2O2S/c1-3-21-13-9-11(2)8-12(10-13)16(20)18-19-22-15-7-5-4-6-14(15)17/h4-10,19H,3H2,1-2H3,(H,18,20). The van der Waals surface area contributed by atoms with E-state index in [1.165, 1.54) is 6.07 Å². The number of amides is 1. The lowest BCUT2D eigenvalue weighted by Crippen LogP contribution is -2.32. The van der Waals surface area contributed by atoms with Crippen molar-refractivity contribution in [2.45, 2.75) is 18.7 Å². The Morgan fingerprint density at radius 1 is 1.27 bits per heavy atom. The van der Waals surface area contributed by atoms with Gasteiger partial charge >= 0.3 is 0 Å². The zero-order chi connectivity index (χ0) is 15.9. The summed E-state index contributed by atoms with van der Waals surface area (Å²) in [4.78, 5) is 15.1. The van der Waals surface area contributed by atoms with Gasteiger partial charge in [-0.25, -0.2) is 4.39 Å². The minimum absolute atomic E-state index is 0.312. The number of hydrogen-bond acceptors (Lipinski definition) is 4. The average Bonchev–Trinajstić information content (AvgIpc) is 2.49. The van der Waals surface area contributed by atoms with Crippen LogP contribution in [0.4, 0.5) is 4.39 Å². The molecule has 0 spiro atoms. The minimum atomic E-state index is -0.344. The van der Waals surface area contributed by atoms with Gasteiger partial charge in [0.2, 0.25) is 0 Å². The first-order valence-corrected chi connectivity index (χ1v) is 7.63. The fourth-order valence-corrected chi connectivity index (χ4v) is 2.42. The number of halogens is 1. The second kappa shape index (κ2) is 7.82. The molecule has 22 heavy (non-hydrogen) atoms. The van der Waals surface area contributed by atoms with Crippen molar-refractivity contribution in [1.29, 1.82) is 0 Å². The van der Waals surface area contributed by atoms with E-state index < -0.39 is 0 Å². The lowest BCUT2D eigenvalue weighted by Gasteiger charge is -2.10. The topological polar surface area (TPSA) is 50.4 Å². The highest BCUT2D eigenvalue weighted by Crippen LogP contribution is 2.18. The van der Waals surface area contributed by atoms with Gasteiger partial charge in [-0.05, 0) is 61.7 Å². The summed E-state index contributed by atoms with van der Waals surface area (Å²) in [5, 5.41) is 0. The number of hydrogen-bond donors (Lipinski definition) is 2. The smallest absolute Gasteiger partial charge is 0.266 e.